The van der Waals surface area contributed by atoms with Gasteiger partial charge in [-0.2, -0.15) is 0 Å². The molecule has 2 rings (SSSR count). The molecule has 16 heavy (non-hydrogen) atoms. The van der Waals surface area contributed by atoms with Gasteiger partial charge in [-0.1, -0.05) is 22.9 Å². The molecule has 0 bridgehead atoms. The molecule has 1 aromatic carbocycles. The van der Waals surface area contributed by atoms with E-state index in [1.165, 1.54) is 0 Å². The molecule has 1 aliphatic heterocycles. The summed E-state index contributed by atoms with van der Waals surface area (Å²) in [5.74, 6) is -0.234. The van der Waals surface area contributed by atoms with Gasteiger partial charge >= 0.3 is 0 Å². The third kappa shape index (κ3) is 1.57. The van der Waals surface area contributed by atoms with Crippen molar-refractivity contribution in [3.05, 3.63) is 28.2 Å². The standard InChI is InChI=1S/C12H14BrNO2/c1-3-6-14-10-5-4-8(13)7-9(10)12(2,16)11(14)15/h4-5,7,16H,3,6H2,1-2H3. The van der Waals surface area contributed by atoms with E-state index in [1.807, 2.05) is 25.1 Å². The number of benzene rings is 1. The largest absolute Gasteiger partial charge is 0.375 e. The van der Waals surface area contributed by atoms with Gasteiger partial charge in [-0.05, 0) is 31.5 Å². The lowest BCUT2D eigenvalue weighted by atomic mass is 9.98. The van der Waals surface area contributed by atoms with Gasteiger partial charge in [-0.3, -0.25) is 4.79 Å². The molecule has 1 atom stereocenters. The summed E-state index contributed by atoms with van der Waals surface area (Å²) in [7, 11) is 0. The Balaban J connectivity index is 2.55. The van der Waals surface area contributed by atoms with Crippen molar-refractivity contribution >= 4 is 27.5 Å². The van der Waals surface area contributed by atoms with Crippen molar-refractivity contribution in [1.82, 2.24) is 0 Å². The number of hydrogen-bond acceptors (Lipinski definition) is 2. The SMILES string of the molecule is CCCN1C(=O)C(C)(O)c2cc(Br)ccc21. The first-order chi connectivity index (χ1) is 7.48. The van der Waals surface area contributed by atoms with Gasteiger partial charge in [0.15, 0.2) is 5.60 Å². The van der Waals surface area contributed by atoms with Crippen LogP contribution in [0.5, 0.6) is 0 Å². The number of hydrogen-bond donors (Lipinski definition) is 1. The van der Waals surface area contributed by atoms with Gasteiger partial charge in [-0.15, -0.1) is 0 Å². The fourth-order valence-electron chi connectivity index (χ4n) is 2.07. The van der Waals surface area contributed by atoms with Crippen LogP contribution in [0.2, 0.25) is 0 Å². The molecule has 1 aliphatic rings. The van der Waals surface area contributed by atoms with E-state index in [0.717, 1.165) is 16.6 Å². The van der Waals surface area contributed by atoms with E-state index < -0.39 is 5.60 Å². The number of carbonyl (C=O) groups excluding carboxylic acids is 1. The van der Waals surface area contributed by atoms with Crippen LogP contribution in [0.4, 0.5) is 5.69 Å². The number of aliphatic hydroxyl groups is 1. The van der Waals surface area contributed by atoms with E-state index in [0.29, 0.717) is 12.1 Å². The fourth-order valence-corrected chi connectivity index (χ4v) is 2.43. The second-order valence-corrected chi connectivity index (χ2v) is 5.11. The number of amides is 1. The molecule has 0 aromatic heterocycles. The maximum atomic E-state index is 12.0. The van der Waals surface area contributed by atoms with Crippen molar-refractivity contribution in [1.29, 1.82) is 0 Å². The molecule has 1 aromatic rings. The minimum absolute atomic E-state index is 0.234. The summed E-state index contributed by atoms with van der Waals surface area (Å²) in [6.07, 6.45) is 0.872. The highest BCUT2D eigenvalue weighted by atomic mass is 79.9. The second kappa shape index (κ2) is 3.86. The molecular formula is C12H14BrNO2. The van der Waals surface area contributed by atoms with Gasteiger partial charge in [0.25, 0.3) is 5.91 Å². The summed E-state index contributed by atoms with van der Waals surface area (Å²) < 4.78 is 0.873. The van der Waals surface area contributed by atoms with E-state index in [2.05, 4.69) is 15.9 Å². The zero-order valence-corrected chi connectivity index (χ0v) is 10.9. The molecule has 3 nitrogen and oxygen atoms in total. The Morgan fingerprint density at radius 1 is 1.50 bits per heavy atom. The van der Waals surface area contributed by atoms with Gasteiger partial charge in [0.05, 0.1) is 5.69 Å². The van der Waals surface area contributed by atoms with E-state index in [4.69, 9.17) is 0 Å². The highest BCUT2D eigenvalue weighted by molar-refractivity contribution is 9.10. The molecule has 4 heteroatoms. The van der Waals surface area contributed by atoms with E-state index in [1.54, 1.807) is 11.8 Å². The van der Waals surface area contributed by atoms with Gasteiger partial charge in [-0.25, -0.2) is 0 Å². The monoisotopic (exact) mass is 283 g/mol. The van der Waals surface area contributed by atoms with Crippen LogP contribution in [0.1, 0.15) is 25.8 Å². The maximum absolute atomic E-state index is 12.0. The Morgan fingerprint density at radius 2 is 2.19 bits per heavy atom. The maximum Gasteiger partial charge on any atom is 0.263 e. The van der Waals surface area contributed by atoms with E-state index in [9.17, 15) is 9.90 Å². The first-order valence-corrected chi connectivity index (χ1v) is 6.12. The third-order valence-electron chi connectivity index (χ3n) is 2.88. The highest BCUT2D eigenvalue weighted by Gasteiger charge is 2.45. The zero-order valence-electron chi connectivity index (χ0n) is 9.33. The summed E-state index contributed by atoms with van der Waals surface area (Å²) in [4.78, 5) is 13.7. The lowest BCUT2D eigenvalue weighted by Gasteiger charge is -2.18. The molecular weight excluding hydrogens is 270 g/mol. The summed E-state index contributed by atoms with van der Waals surface area (Å²) >= 11 is 3.35. The molecule has 1 unspecified atom stereocenters. The van der Waals surface area contributed by atoms with E-state index in [-0.39, 0.29) is 5.91 Å². The number of nitrogens with zero attached hydrogens (tertiary/aromatic N) is 1. The molecule has 86 valence electrons. The van der Waals surface area contributed by atoms with Crippen LogP contribution in [0.15, 0.2) is 22.7 Å². The smallest absolute Gasteiger partial charge is 0.263 e. The summed E-state index contributed by atoms with van der Waals surface area (Å²) in [5.41, 5.74) is 0.106. The molecule has 1 heterocycles. The number of fused-ring (bicyclic) bond motifs is 1. The quantitative estimate of drug-likeness (QED) is 0.906. The molecule has 1 amide bonds. The normalized spacial score (nSPS) is 23.8. The second-order valence-electron chi connectivity index (χ2n) is 4.19. The first kappa shape index (κ1) is 11.6. The van der Waals surface area contributed by atoms with Crippen LogP contribution < -0.4 is 4.90 Å². The highest BCUT2D eigenvalue weighted by Crippen LogP contribution is 2.41. The topological polar surface area (TPSA) is 40.5 Å². The average Bonchev–Trinajstić information content (AvgIpc) is 2.41. The third-order valence-corrected chi connectivity index (χ3v) is 3.38. The number of carbonyl (C=O) groups is 1. The predicted octanol–water partition coefficient (Wildman–Crippen LogP) is 2.41. The van der Waals surface area contributed by atoms with Crippen LogP contribution in [0.3, 0.4) is 0 Å². The predicted molar refractivity (Wildman–Crippen MR) is 66.4 cm³/mol. The first-order valence-electron chi connectivity index (χ1n) is 5.33. The average molecular weight is 284 g/mol. The minimum atomic E-state index is -1.39. The Morgan fingerprint density at radius 3 is 2.81 bits per heavy atom. The van der Waals surface area contributed by atoms with Crippen LogP contribution in [0.25, 0.3) is 0 Å². The van der Waals surface area contributed by atoms with Crippen LogP contribution in [-0.2, 0) is 10.4 Å². The molecule has 0 radical (unpaired) electrons. The molecule has 0 fully saturated rings. The van der Waals surface area contributed by atoms with Gasteiger partial charge < -0.3 is 10.0 Å². The zero-order chi connectivity index (χ0) is 11.9. The van der Waals surface area contributed by atoms with Crippen LogP contribution >= 0.6 is 15.9 Å². The van der Waals surface area contributed by atoms with Crippen molar-refractivity contribution < 1.29 is 9.90 Å². The fraction of sp³-hybridized carbons (Fsp3) is 0.417. The van der Waals surface area contributed by atoms with Crippen molar-refractivity contribution in [3.8, 4) is 0 Å². The van der Waals surface area contributed by atoms with Crippen molar-refractivity contribution in [2.45, 2.75) is 25.9 Å². The van der Waals surface area contributed by atoms with Gasteiger partial charge in [0.2, 0.25) is 0 Å². The Kier molecular flexibility index (Phi) is 2.80. The lowest BCUT2D eigenvalue weighted by Crippen LogP contribution is -2.38. The summed E-state index contributed by atoms with van der Waals surface area (Å²) in [5, 5.41) is 10.2. The Hall–Kier alpha value is -0.870. The van der Waals surface area contributed by atoms with Gasteiger partial charge in [0.1, 0.15) is 0 Å². The lowest BCUT2D eigenvalue weighted by molar-refractivity contribution is -0.134. The van der Waals surface area contributed by atoms with Crippen molar-refractivity contribution in [3.63, 3.8) is 0 Å². The minimum Gasteiger partial charge on any atom is -0.375 e. The number of halogens is 1. The molecule has 0 aliphatic carbocycles. The van der Waals surface area contributed by atoms with E-state index >= 15 is 0 Å². The Labute approximate surface area is 103 Å². The Bertz CT molecular complexity index is 443. The van der Waals surface area contributed by atoms with Crippen LogP contribution in [-0.4, -0.2) is 17.6 Å². The van der Waals surface area contributed by atoms with Gasteiger partial charge in [0, 0.05) is 16.6 Å². The summed E-state index contributed by atoms with van der Waals surface area (Å²) in [6, 6.07) is 5.56. The molecule has 0 saturated carbocycles. The molecule has 1 N–H and O–H groups in total. The van der Waals surface area contributed by atoms with Crippen molar-refractivity contribution in [2.75, 3.05) is 11.4 Å². The molecule has 0 spiro atoms. The van der Waals surface area contributed by atoms with Crippen molar-refractivity contribution in [2.24, 2.45) is 0 Å². The molecule has 0 saturated heterocycles. The number of rotatable bonds is 2. The van der Waals surface area contributed by atoms with Crippen LogP contribution in [0, 0.1) is 0 Å². The number of anilines is 1. The summed E-state index contributed by atoms with van der Waals surface area (Å²) in [6.45, 7) is 4.21.